The normalized spacial score (nSPS) is 10.6. The molecule has 2 rings (SSSR count). The van der Waals surface area contributed by atoms with E-state index in [0.717, 1.165) is 16.7 Å². The van der Waals surface area contributed by atoms with Crippen molar-refractivity contribution in [2.75, 3.05) is 0 Å². The molecule has 0 atom stereocenters. The summed E-state index contributed by atoms with van der Waals surface area (Å²) in [5.41, 5.74) is 4.31. The fourth-order valence-electron chi connectivity index (χ4n) is 1.77. The van der Waals surface area contributed by atoms with Gasteiger partial charge in [-0.05, 0) is 42.7 Å². The second kappa shape index (κ2) is 4.59. The van der Waals surface area contributed by atoms with Crippen LogP contribution in [0.5, 0.6) is 5.75 Å². The van der Waals surface area contributed by atoms with Gasteiger partial charge < -0.3 is 5.11 Å². The lowest BCUT2D eigenvalue weighted by atomic mass is 9.98. The number of phenolic OH excluding ortho intramolecular Hbond substituents is 1. The molecule has 0 heterocycles. The maximum atomic E-state index is 9.54. The Balaban J connectivity index is 2.64. The molecule has 0 saturated carbocycles. The average Bonchev–Trinajstić information content (AvgIpc) is 2.28. The SMILES string of the molecule is Cc1ccc(C)c(-c2cc(Cl)c(O)c(Cl)c2)c1. The van der Waals surface area contributed by atoms with Crippen molar-refractivity contribution in [3.63, 3.8) is 0 Å². The second-order valence-corrected chi connectivity index (χ2v) is 4.92. The van der Waals surface area contributed by atoms with Gasteiger partial charge in [0.15, 0.2) is 5.75 Å². The maximum absolute atomic E-state index is 9.54. The highest BCUT2D eigenvalue weighted by molar-refractivity contribution is 6.37. The Kier molecular flexibility index (Phi) is 3.32. The molecule has 0 aromatic heterocycles. The molecule has 88 valence electrons. The minimum Gasteiger partial charge on any atom is -0.505 e. The van der Waals surface area contributed by atoms with Crippen LogP contribution in [-0.2, 0) is 0 Å². The zero-order valence-electron chi connectivity index (χ0n) is 9.59. The summed E-state index contributed by atoms with van der Waals surface area (Å²) in [6.45, 7) is 4.07. The number of phenols is 1. The van der Waals surface area contributed by atoms with Crippen molar-refractivity contribution in [3.05, 3.63) is 51.5 Å². The summed E-state index contributed by atoms with van der Waals surface area (Å²) < 4.78 is 0. The molecule has 3 heteroatoms. The number of hydrogen-bond donors (Lipinski definition) is 1. The molecule has 2 aromatic carbocycles. The zero-order chi connectivity index (χ0) is 12.6. The van der Waals surface area contributed by atoms with Crippen molar-refractivity contribution in [3.8, 4) is 16.9 Å². The van der Waals surface area contributed by atoms with E-state index in [0.29, 0.717) is 0 Å². The number of aryl methyl sites for hydroxylation is 2. The Bertz CT molecular complexity index is 553. The number of rotatable bonds is 1. The highest BCUT2D eigenvalue weighted by Gasteiger charge is 2.09. The van der Waals surface area contributed by atoms with E-state index in [9.17, 15) is 5.11 Å². The third-order valence-corrected chi connectivity index (χ3v) is 3.30. The first-order chi connectivity index (χ1) is 7.99. The summed E-state index contributed by atoms with van der Waals surface area (Å²) >= 11 is 11.9. The smallest absolute Gasteiger partial charge is 0.152 e. The Labute approximate surface area is 111 Å². The minimum absolute atomic E-state index is 0.0672. The molecule has 0 amide bonds. The van der Waals surface area contributed by atoms with Crippen LogP contribution >= 0.6 is 23.2 Å². The Hall–Kier alpha value is -1.18. The summed E-state index contributed by atoms with van der Waals surface area (Å²) in [6.07, 6.45) is 0. The van der Waals surface area contributed by atoms with E-state index in [2.05, 4.69) is 18.2 Å². The number of aromatic hydroxyl groups is 1. The van der Waals surface area contributed by atoms with Crippen LogP contribution in [0.2, 0.25) is 10.0 Å². The van der Waals surface area contributed by atoms with Gasteiger partial charge in [0.2, 0.25) is 0 Å². The van der Waals surface area contributed by atoms with Gasteiger partial charge in [-0.25, -0.2) is 0 Å². The van der Waals surface area contributed by atoms with Crippen molar-refractivity contribution in [2.24, 2.45) is 0 Å². The molecule has 0 aliphatic rings. The van der Waals surface area contributed by atoms with Crippen molar-refractivity contribution in [1.29, 1.82) is 0 Å². The monoisotopic (exact) mass is 266 g/mol. The fraction of sp³-hybridized carbons (Fsp3) is 0.143. The second-order valence-electron chi connectivity index (χ2n) is 4.11. The molecular formula is C14H12Cl2O. The van der Waals surface area contributed by atoms with Gasteiger partial charge in [-0.1, -0.05) is 47.0 Å². The van der Waals surface area contributed by atoms with E-state index in [4.69, 9.17) is 23.2 Å². The van der Waals surface area contributed by atoms with Gasteiger partial charge in [0.25, 0.3) is 0 Å². The Morgan fingerprint density at radius 2 is 1.53 bits per heavy atom. The van der Waals surface area contributed by atoms with Crippen LogP contribution in [0.3, 0.4) is 0 Å². The number of hydrogen-bond acceptors (Lipinski definition) is 1. The van der Waals surface area contributed by atoms with E-state index >= 15 is 0 Å². The third kappa shape index (κ3) is 2.41. The lowest BCUT2D eigenvalue weighted by Gasteiger charge is -2.09. The van der Waals surface area contributed by atoms with E-state index < -0.39 is 0 Å². The number of benzene rings is 2. The summed E-state index contributed by atoms with van der Waals surface area (Å²) in [4.78, 5) is 0. The van der Waals surface area contributed by atoms with E-state index in [1.165, 1.54) is 5.56 Å². The topological polar surface area (TPSA) is 20.2 Å². The molecule has 2 aromatic rings. The summed E-state index contributed by atoms with van der Waals surface area (Å²) in [6, 6.07) is 9.64. The first-order valence-corrected chi connectivity index (χ1v) is 6.00. The molecule has 0 saturated heterocycles. The number of halogens is 2. The van der Waals surface area contributed by atoms with E-state index in [1.807, 2.05) is 13.8 Å². The van der Waals surface area contributed by atoms with Gasteiger partial charge in [-0.15, -0.1) is 0 Å². The predicted octanol–water partition coefficient (Wildman–Crippen LogP) is 4.98. The molecule has 0 aliphatic heterocycles. The van der Waals surface area contributed by atoms with Gasteiger partial charge in [0.05, 0.1) is 10.0 Å². The standard InChI is InChI=1S/C14H12Cl2O/c1-8-3-4-9(2)11(5-8)10-6-12(15)14(17)13(16)7-10/h3-7,17H,1-2H3. The third-order valence-electron chi connectivity index (χ3n) is 2.72. The van der Waals surface area contributed by atoms with Crippen LogP contribution in [-0.4, -0.2) is 5.11 Å². The van der Waals surface area contributed by atoms with Gasteiger partial charge >= 0.3 is 0 Å². The van der Waals surface area contributed by atoms with Crippen LogP contribution in [0.15, 0.2) is 30.3 Å². The van der Waals surface area contributed by atoms with Gasteiger partial charge in [0, 0.05) is 0 Å². The molecule has 0 fully saturated rings. The van der Waals surface area contributed by atoms with Crippen molar-refractivity contribution in [2.45, 2.75) is 13.8 Å². The van der Waals surface area contributed by atoms with Crippen LogP contribution in [0, 0.1) is 13.8 Å². The summed E-state index contributed by atoms with van der Waals surface area (Å²) in [7, 11) is 0. The molecule has 1 N–H and O–H groups in total. The highest BCUT2D eigenvalue weighted by atomic mass is 35.5. The van der Waals surface area contributed by atoms with E-state index in [-0.39, 0.29) is 15.8 Å². The molecule has 0 unspecified atom stereocenters. The van der Waals surface area contributed by atoms with Crippen molar-refractivity contribution in [1.82, 2.24) is 0 Å². The largest absolute Gasteiger partial charge is 0.505 e. The summed E-state index contributed by atoms with van der Waals surface area (Å²) in [5, 5.41) is 10.1. The average molecular weight is 267 g/mol. The van der Waals surface area contributed by atoms with Gasteiger partial charge in [0.1, 0.15) is 0 Å². The molecule has 1 nitrogen and oxygen atoms in total. The first kappa shape index (κ1) is 12.3. The Morgan fingerprint density at radius 3 is 2.12 bits per heavy atom. The lowest BCUT2D eigenvalue weighted by molar-refractivity contribution is 0.476. The quantitative estimate of drug-likeness (QED) is 0.772. The highest BCUT2D eigenvalue weighted by Crippen LogP contribution is 2.37. The molecule has 0 spiro atoms. The van der Waals surface area contributed by atoms with Crippen LogP contribution in [0.1, 0.15) is 11.1 Å². The van der Waals surface area contributed by atoms with Crippen LogP contribution < -0.4 is 0 Å². The van der Waals surface area contributed by atoms with Gasteiger partial charge in [-0.2, -0.15) is 0 Å². The van der Waals surface area contributed by atoms with Crippen molar-refractivity contribution >= 4 is 23.2 Å². The first-order valence-electron chi connectivity index (χ1n) is 5.24. The molecule has 0 aliphatic carbocycles. The molecule has 0 bridgehead atoms. The predicted molar refractivity (Wildman–Crippen MR) is 73.0 cm³/mol. The zero-order valence-corrected chi connectivity index (χ0v) is 11.1. The van der Waals surface area contributed by atoms with Crippen molar-refractivity contribution < 1.29 is 5.11 Å². The van der Waals surface area contributed by atoms with Crippen LogP contribution in [0.4, 0.5) is 0 Å². The van der Waals surface area contributed by atoms with Gasteiger partial charge in [-0.3, -0.25) is 0 Å². The fourth-order valence-corrected chi connectivity index (χ4v) is 2.25. The minimum atomic E-state index is -0.0672. The lowest BCUT2D eigenvalue weighted by Crippen LogP contribution is -1.85. The van der Waals surface area contributed by atoms with E-state index in [1.54, 1.807) is 12.1 Å². The molecule has 0 radical (unpaired) electrons. The summed E-state index contributed by atoms with van der Waals surface area (Å²) in [5.74, 6) is -0.0672. The molecule has 17 heavy (non-hydrogen) atoms. The maximum Gasteiger partial charge on any atom is 0.152 e. The molecular weight excluding hydrogens is 255 g/mol. The Morgan fingerprint density at radius 1 is 0.941 bits per heavy atom. The van der Waals surface area contributed by atoms with Crippen LogP contribution in [0.25, 0.3) is 11.1 Å².